The van der Waals surface area contributed by atoms with Gasteiger partial charge in [0.2, 0.25) is 0 Å². The van der Waals surface area contributed by atoms with Crippen molar-refractivity contribution in [3.63, 3.8) is 0 Å². The fourth-order valence-electron chi connectivity index (χ4n) is 3.26. The van der Waals surface area contributed by atoms with Crippen LogP contribution in [-0.2, 0) is 0 Å². The van der Waals surface area contributed by atoms with E-state index in [1.54, 1.807) is 12.1 Å². The number of aliphatic imine (C=N–C) groups is 1. The lowest BCUT2D eigenvalue weighted by Gasteiger charge is -2.22. The van der Waals surface area contributed by atoms with Crippen molar-refractivity contribution < 1.29 is 15.0 Å². The monoisotopic (exact) mass is 343 g/mol. The normalized spacial score (nSPS) is 18.4. The second-order valence-electron chi connectivity index (χ2n) is 7.66. The summed E-state index contributed by atoms with van der Waals surface area (Å²) in [6.45, 7) is 5.60. The molecule has 1 unspecified atom stereocenters. The van der Waals surface area contributed by atoms with E-state index in [9.17, 15) is 15.0 Å². The Bertz CT molecular complexity index is 668. The van der Waals surface area contributed by atoms with Crippen molar-refractivity contribution in [2.45, 2.75) is 64.9 Å². The zero-order chi connectivity index (χ0) is 18.4. The number of hydrogen-bond donors (Lipinski definition) is 2. The first-order valence-corrected chi connectivity index (χ1v) is 9.04. The minimum absolute atomic E-state index is 0.247. The molecular weight excluding hydrogens is 314 g/mol. The summed E-state index contributed by atoms with van der Waals surface area (Å²) in [5.41, 5.74) is 2.27. The Kier molecular flexibility index (Phi) is 6.54. The first-order valence-electron chi connectivity index (χ1n) is 9.04. The van der Waals surface area contributed by atoms with Crippen LogP contribution in [0.3, 0.4) is 0 Å². The van der Waals surface area contributed by atoms with Gasteiger partial charge in [-0.1, -0.05) is 31.1 Å². The molecule has 0 saturated heterocycles. The molecule has 0 bridgehead atoms. The molecule has 2 rings (SSSR count). The van der Waals surface area contributed by atoms with E-state index in [0.29, 0.717) is 11.6 Å². The maximum Gasteiger partial charge on any atom is 0.337 e. The maximum absolute atomic E-state index is 11.3. The van der Waals surface area contributed by atoms with Gasteiger partial charge in [-0.2, -0.15) is 0 Å². The topological polar surface area (TPSA) is 69.9 Å². The summed E-state index contributed by atoms with van der Waals surface area (Å²) in [5.74, 6) is -0.270. The number of hydrogen-bond acceptors (Lipinski definition) is 3. The molecule has 4 nitrogen and oxygen atoms in total. The number of para-hydroxylation sites is 1. The highest BCUT2D eigenvalue weighted by Crippen LogP contribution is 2.29. The Morgan fingerprint density at radius 2 is 2.16 bits per heavy atom. The van der Waals surface area contributed by atoms with Crippen molar-refractivity contribution in [3.05, 3.63) is 41.0 Å². The number of benzene rings is 1. The van der Waals surface area contributed by atoms with Crippen LogP contribution in [0.25, 0.3) is 0 Å². The van der Waals surface area contributed by atoms with Crippen LogP contribution in [-0.4, -0.2) is 28.0 Å². The Morgan fingerprint density at radius 1 is 1.40 bits per heavy atom. The van der Waals surface area contributed by atoms with Crippen molar-refractivity contribution in [2.75, 3.05) is 0 Å². The molecule has 0 spiro atoms. The minimum Gasteiger partial charge on any atom is -0.478 e. The lowest BCUT2D eigenvalue weighted by Crippen LogP contribution is -2.18. The van der Waals surface area contributed by atoms with Gasteiger partial charge in [-0.15, -0.1) is 0 Å². The smallest absolute Gasteiger partial charge is 0.337 e. The number of aromatic carboxylic acids is 1. The number of nitrogens with zero attached hydrogens (tertiary/aromatic N) is 1. The first-order chi connectivity index (χ1) is 11.8. The number of carbonyl (C=O) groups is 1. The van der Waals surface area contributed by atoms with E-state index in [0.717, 1.165) is 44.1 Å². The van der Waals surface area contributed by atoms with E-state index in [2.05, 4.69) is 11.1 Å². The molecule has 1 aliphatic rings. The predicted molar refractivity (Wildman–Crippen MR) is 102 cm³/mol. The average Bonchev–Trinajstić information content (AvgIpc) is 2.53. The molecule has 25 heavy (non-hydrogen) atoms. The molecule has 0 aromatic heterocycles. The predicted octanol–water partition coefficient (Wildman–Crippen LogP) is 5.06. The lowest BCUT2D eigenvalue weighted by molar-refractivity contribution is 0.0664. The van der Waals surface area contributed by atoms with E-state index in [-0.39, 0.29) is 5.56 Å². The summed E-state index contributed by atoms with van der Waals surface area (Å²) in [6, 6.07) is 5.22. The fraction of sp³-hybridized carbons (Fsp3) is 0.524. The largest absolute Gasteiger partial charge is 0.478 e. The van der Waals surface area contributed by atoms with Crippen LogP contribution >= 0.6 is 0 Å². The molecule has 4 heteroatoms. The molecule has 0 radical (unpaired) electrons. The zero-order valence-electron chi connectivity index (χ0n) is 15.5. The van der Waals surface area contributed by atoms with Crippen molar-refractivity contribution >= 4 is 17.9 Å². The van der Waals surface area contributed by atoms with Crippen LogP contribution in [0.5, 0.6) is 0 Å². The SMILES string of the molecule is Cc1cccc(C(=O)O)c1N=CC1=CCC(CCCC(C)(C)O)CC1. The Balaban J connectivity index is 1.95. The number of rotatable bonds is 7. The van der Waals surface area contributed by atoms with Gasteiger partial charge in [0.15, 0.2) is 0 Å². The third-order valence-electron chi connectivity index (χ3n) is 4.78. The Hall–Kier alpha value is -1.94. The van der Waals surface area contributed by atoms with Gasteiger partial charge in [-0.05, 0) is 69.6 Å². The minimum atomic E-state index is -0.944. The molecule has 1 aromatic rings. The third kappa shape index (κ3) is 6.13. The zero-order valence-corrected chi connectivity index (χ0v) is 15.5. The number of carboxylic acid groups (broad SMARTS) is 1. The molecule has 0 fully saturated rings. The van der Waals surface area contributed by atoms with E-state index in [1.807, 2.05) is 33.1 Å². The summed E-state index contributed by atoms with van der Waals surface area (Å²) in [4.78, 5) is 15.8. The molecule has 1 atom stereocenters. The van der Waals surface area contributed by atoms with Crippen molar-refractivity contribution in [3.8, 4) is 0 Å². The summed E-state index contributed by atoms with van der Waals surface area (Å²) in [5, 5.41) is 19.1. The van der Waals surface area contributed by atoms with Crippen LogP contribution in [0.2, 0.25) is 0 Å². The van der Waals surface area contributed by atoms with Gasteiger partial charge in [0.1, 0.15) is 0 Å². The lowest BCUT2D eigenvalue weighted by atomic mass is 9.85. The quantitative estimate of drug-likeness (QED) is 0.680. The van der Waals surface area contributed by atoms with E-state index < -0.39 is 11.6 Å². The number of allylic oxidation sites excluding steroid dienone is 2. The summed E-state index contributed by atoms with van der Waals surface area (Å²) >= 11 is 0. The Morgan fingerprint density at radius 3 is 2.76 bits per heavy atom. The van der Waals surface area contributed by atoms with Gasteiger partial charge in [-0.25, -0.2) is 4.79 Å². The summed E-state index contributed by atoms with van der Waals surface area (Å²) in [7, 11) is 0. The third-order valence-corrected chi connectivity index (χ3v) is 4.78. The van der Waals surface area contributed by atoms with Crippen LogP contribution in [0.15, 0.2) is 34.8 Å². The molecular formula is C21H29NO3. The fourth-order valence-corrected chi connectivity index (χ4v) is 3.26. The molecule has 0 amide bonds. The highest BCUT2D eigenvalue weighted by Gasteiger charge is 2.17. The summed E-state index contributed by atoms with van der Waals surface area (Å²) in [6.07, 6.45) is 10.2. The summed E-state index contributed by atoms with van der Waals surface area (Å²) < 4.78 is 0. The van der Waals surface area contributed by atoms with Crippen LogP contribution in [0.1, 0.15) is 68.3 Å². The van der Waals surface area contributed by atoms with E-state index >= 15 is 0 Å². The van der Waals surface area contributed by atoms with Crippen molar-refractivity contribution in [1.82, 2.24) is 0 Å². The van der Waals surface area contributed by atoms with Crippen molar-refractivity contribution in [1.29, 1.82) is 0 Å². The second kappa shape index (κ2) is 8.43. The number of aliphatic hydroxyl groups is 1. The molecule has 1 aromatic carbocycles. The molecule has 0 heterocycles. The van der Waals surface area contributed by atoms with Crippen molar-refractivity contribution in [2.24, 2.45) is 10.9 Å². The van der Waals surface area contributed by atoms with Crippen LogP contribution in [0, 0.1) is 12.8 Å². The van der Waals surface area contributed by atoms with E-state index in [1.165, 1.54) is 5.57 Å². The van der Waals surface area contributed by atoms with E-state index in [4.69, 9.17) is 0 Å². The standard InChI is InChI=1S/C21H29NO3/c1-15-6-4-8-18(20(23)24)19(15)22-14-17-11-9-16(10-12-17)7-5-13-21(2,3)25/h4,6,8,11,14,16,25H,5,7,9-10,12-13H2,1-3H3,(H,23,24). The van der Waals surface area contributed by atoms with Gasteiger partial charge in [0.05, 0.1) is 16.9 Å². The second-order valence-corrected chi connectivity index (χ2v) is 7.66. The molecule has 1 aliphatic carbocycles. The van der Waals surface area contributed by atoms with Crippen LogP contribution < -0.4 is 0 Å². The molecule has 0 aliphatic heterocycles. The molecule has 136 valence electrons. The first kappa shape index (κ1) is 19.4. The number of carboxylic acids is 1. The highest BCUT2D eigenvalue weighted by molar-refractivity contribution is 5.95. The van der Waals surface area contributed by atoms with Crippen LogP contribution in [0.4, 0.5) is 5.69 Å². The number of aryl methyl sites for hydroxylation is 1. The van der Waals surface area contributed by atoms with Gasteiger partial charge in [0, 0.05) is 6.21 Å². The average molecular weight is 343 g/mol. The highest BCUT2D eigenvalue weighted by atomic mass is 16.4. The van der Waals surface area contributed by atoms with Gasteiger partial charge >= 0.3 is 5.97 Å². The molecule has 2 N–H and O–H groups in total. The van der Waals surface area contributed by atoms with Gasteiger partial charge in [0.25, 0.3) is 0 Å². The maximum atomic E-state index is 11.3. The van der Waals surface area contributed by atoms with Gasteiger partial charge < -0.3 is 10.2 Å². The van der Waals surface area contributed by atoms with Gasteiger partial charge in [-0.3, -0.25) is 4.99 Å². The molecule has 0 saturated carbocycles. The Labute approximate surface area is 150 Å².